The van der Waals surface area contributed by atoms with E-state index in [0.29, 0.717) is 28.9 Å². The number of anilines is 1. The molecule has 8 heteroatoms. The quantitative estimate of drug-likeness (QED) is 0.331. The molecule has 1 aromatic heterocycles. The Morgan fingerprint density at radius 1 is 0.938 bits per heavy atom. The van der Waals surface area contributed by atoms with Gasteiger partial charge in [0.05, 0.1) is 18.4 Å². The summed E-state index contributed by atoms with van der Waals surface area (Å²) < 4.78 is 21.5. The zero-order chi connectivity index (χ0) is 22.5. The second-order valence-electron chi connectivity index (χ2n) is 6.80. The first kappa shape index (κ1) is 20.9. The Kier molecular flexibility index (Phi) is 6.03. The minimum Gasteiger partial charge on any atom is -0.495 e. The standard InChI is InChI=1S/C24H19NO7/c1-29-22-10-17-16-7-3-5-9-20(16)32-21(17)11-18(22)25-23(27)13-31-24(28)14-30-19-8-4-2-6-15(19)12-26/h2-12H,13-14H2,1H3,(H,25,27). The van der Waals surface area contributed by atoms with Crippen LogP contribution in [0.5, 0.6) is 11.5 Å². The number of amides is 1. The minimum absolute atomic E-state index is 0.257. The van der Waals surface area contributed by atoms with E-state index in [1.165, 1.54) is 7.11 Å². The molecule has 0 spiro atoms. The average molecular weight is 433 g/mol. The molecule has 0 radical (unpaired) electrons. The summed E-state index contributed by atoms with van der Waals surface area (Å²) in [5, 5.41) is 4.45. The van der Waals surface area contributed by atoms with Gasteiger partial charge in [0, 0.05) is 16.8 Å². The summed E-state index contributed by atoms with van der Waals surface area (Å²) in [5.41, 5.74) is 2.00. The average Bonchev–Trinajstić information content (AvgIpc) is 3.18. The van der Waals surface area contributed by atoms with Gasteiger partial charge in [-0.25, -0.2) is 4.79 Å². The third-order valence-electron chi connectivity index (χ3n) is 4.73. The highest BCUT2D eigenvalue weighted by atomic mass is 16.6. The lowest BCUT2D eigenvalue weighted by Crippen LogP contribution is -2.24. The number of methoxy groups -OCH3 is 1. The van der Waals surface area contributed by atoms with Gasteiger partial charge < -0.3 is 23.9 Å². The zero-order valence-electron chi connectivity index (χ0n) is 17.1. The van der Waals surface area contributed by atoms with Crippen molar-refractivity contribution in [1.29, 1.82) is 0 Å². The number of hydrogen-bond acceptors (Lipinski definition) is 7. The minimum atomic E-state index is -0.749. The predicted molar refractivity (Wildman–Crippen MR) is 117 cm³/mol. The largest absolute Gasteiger partial charge is 0.495 e. The summed E-state index contributed by atoms with van der Waals surface area (Å²) in [6, 6.07) is 17.5. The third kappa shape index (κ3) is 4.39. The van der Waals surface area contributed by atoms with Gasteiger partial charge in [0.15, 0.2) is 19.5 Å². The van der Waals surface area contributed by atoms with Crippen molar-refractivity contribution in [3.8, 4) is 11.5 Å². The van der Waals surface area contributed by atoms with Gasteiger partial charge in [-0.3, -0.25) is 9.59 Å². The van der Waals surface area contributed by atoms with E-state index >= 15 is 0 Å². The fraction of sp³-hybridized carbons (Fsp3) is 0.125. The Morgan fingerprint density at radius 2 is 1.72 bits per heavy atom. The van der Waals surface area contributed by atoms with Crippen LogP contribution in [-0.2, 0) is 14.3 Å². The van der Waals surface area contributed by atoms with Crippen molar-refractivity contribution < 1.29 is 33.0 Å². The van der Waals surface area contributed by atoms with Crippen molar-refractivity contribution in [2.75, 3.05) is 25.6 Å². The van der Waals surface area contributed by atoms with Crippen LogP contribution in [0.2, 0.25) is 0 Å². The van der Waals surface area contributed by atoms with Crippen molar-refractivity contribution in [3.05, 3.63) is 66.2 Å². The third-order valence-corrected chi connectivity index (χ3v) is 4.73. The monoisotopic (exact) mass is 433 g/mol. The maximum atomic E-state index is 12.3. The second-order valence-corrected chi connectivity index (χ2v) is 6.80. The lowest BCUT2D eigenvalue weighted by molar-refractivity contribution is -0.149. The molecule has 0 aliphatic rings. The number of nitrogens with one attached hydrogen (secondary N) is 1. The number of hydrogen-bond donors (Lipinski definition) is 1. The van der Waals surface area contributed by atoms with E-state index in [-0.39, 0.29) is 5.75 Å². The van der Waals surface area contributed by atoms with Crippen molar-refractivity contribution in [1.82, 2.24) is 0 Å². The molecule has 0 aliphatic heterocycles. The molecule has 32 heavy (non-hydrogen) atoms. The summed E-state index contributed by atoms with van der Waals surface area (Å²) in [6.07, 6.45) is 0.625. The summed E-state index contributed by atoms with van der Waals surface area (Å²) in [4.78, 5) is 35.2. The number of ether oxygens (including phenoxy) is 3. The summed E-state index contributed by atoms with van der Waals surface area (Å²) >= 11 is 0. The number of carbonyl (C=O) groups is 3. The molecular formula is C24H19NO7. The molecule has 0 unspecified atom stereocenters. The molecule has 4 aromatic rings. The molecule has 1 N–H and O–H groups in total. The van der Waals surface area contributed by atoms with E-state index in [4.69, 9.17) is 18.6 Å². The van der Waals surface area contributed by atoms with Gasteiger partial charge in [-0.1, -0.05) is 30.3 Å². The van der Waals surface area contributed by atoms with Crippen LogP contribution in [0.25, 0.3) is 21.9 Å². The van der Waals surface area contributed by atoms with E-state index in [1.807, 2.05) is 24.3 Å². The van der Waals surface area contributed by atoms with Gasteiger partial charge >= 0.3 is 5.97 Å². The highest BCUT2D eigenvalue weighted by molar-refractivity contribution is 6.07. The van der Waals surface area contributed by atoms with E-state index < -0.39 is 25.1 Å². The van der Waals surface area contributed by atoms with Crippen LogP contribution >= 0.6 is 0 Å². The topological polar surface area (TPSA) is 104 Å². The van der Waals surface area contributed by atoms with Crippen LogP contribution in [0.15, 0.2) is 65.1 Å². The molecule has 4 rings (SSSR count). The Morgan fingerprint density at radius 3 is 2.53 bits per heavy atom. The van der Waals surface area contributed by atoms with E-state index in [2.05, 4.69) is 5.32 Å². The molecule has 0 atom stereocenters. The highest BCUT2D eigenvalue weighted by Gasteiger charge is 2.15. The Balaban J connectivity index is 1.38. The van der Waals surface area contributed by atoms with Crippen LogP contribution in [0, 0.1) is 0 Å². The SMILES string of the molecule is COc1cc2c(cc1NC(=O)COC(=O)COc1ccccc1C=O)oc1ccccc12. The van der Waals surface area contributed by atoms with Gasteiger partial charge in [0.25, 0.3) is 5.91 Å². The van der Waals surface area contributed by atoms with E-state index in [9.17, 15) is 14.4 Å². The fourth-order valence-electron chi connectivity index (χ4n) is 3.24. The van der Waals surface area contributed by atoms with Crippen molar-refractivity contribution in [2.24, 2.45) is 0 Å². The fourth-order valence-corrected chi connectivity index (χ4v) is 3.24. The van der Waals surface area contributed by atoms with Crippen LogP contribution < -0.4 is 14.8 Å². The zero-order valence-corrected chi connectivity index (χ0v) is 17.1. The van der Waals surface area contributed by atoms with Crippen molar-refractivity contribution >= 4 is 45.8 Å². The lowest BCUT2D eigenvalue weighted by atomic mass is 10.1. The molecule has 1 amide bonds. The van der Waals surface area contributed by atoms with Gasteiger partial charge in [0.2, 0.25) is 0 Å². The summed E-state index contributed by atoms with van der Waals surface area (Å²) in [5.74, 6) is -0.605. The number of benzene rings is 3. The second kappa shape index (κ2) is 9.22. The number of aldehydes is 1. The normalized spacial score (nSPS) is 10.7. The summed E-state index contributed by atoms with van der Waals surface area (Å²) in [7, 11) is 1.49. The maximum absolute atomic E-state index is 12.3. The van der Waals surface area contributed by atoms with Gasteiger partial charge in [-0.05, 0) is 24.3 Å². The van der Waals surface area contributed by atoms with E-state index in [0.717, 1.165) is 16.4 Å². The van der Waals surface area contributed by atoms with Gasteiger partial charge in [-0.2, -0.15) is 0 Å². The van der Waals surface area contributed by atoms with Crippen molar-refractivity contribution in [2.45, 2.75) is 0 Å². The molecular weight excluding hydrogens is 414 g/mol. The molecule has 1 heterocycles. The first-order valence-corrected chi connectivity index (χ1v) is 9.71. The molecule has 0 saturated carbocycles. The molecule has 0 fully saturated rings. The lowest BCUT2D eigenvalue weighted by Gasteiger charge is -2.11. The Bertz CT molecular complexity index is 1310. The molecule has 8 nitrogen and oxygen atoms in total. The predicted octanol–water partition coefficient (Wildman–Crippen LogP) is 3.97. The van der Waals surface area contributed by atoms with Gasteiger partial charge in [0.1, 0.15) is 22.7 Å². The molecule has 0 saturated heterocycles. The highest BCUT2D eigenvalue weighted by Crippen LogP contribution is 2.36. The number of carbonyl (C=O) groups excluding carboxylic acids is 3. The summed E-state index contributed by atoms with van der Waals surface area (Å²) in [6.45, 7) is -0.953. The first-order chi connectivity index (χ1) is 15.6. The number of furan rings is 1. The Hall–Kier alpha value is -4.33. The first-order valence-electron chi connectivity index (χ1n) is 9.71. The van der Waals surface area contributed by atoms with Crippen LogP contribution in [0.3, 0.4) is 0 Å². The van der Waals surface area contributed by atoms with Crippen LogP contribution in [0.1, 0.15) is 10.4 Å². The molecule has 0 aliphatic carbocycles. The number of fused-ring (bicyclic) bond motifs is 3. The smallest absolute Gasteiger partial charge is 0.344 e. The number of esters is 1. The Labute approximate surface area is 182 Å². The molecule has 3 aromatic carbocycles. The molecule has 162 valence electrons. The van der Waals surface area contributed by atoms with E-state index in [1.54, 1.807) is 36.4 Å². The number of rotatable bonds is 8. The van der Waals surface area contributed by atoms with Crippen LogP contribution in [-0.4, -0.2) is 38.5 Å². The maximum Gasteiger partial charge on any atom is 0.344 e. The van der Waals surface area contributed by atoms with Crippen LogP contribution in [0.4, 0.5) is 5.69 Å². The number of para-hydroxylation sites is 2. The van der Waals surface area contributed by atoms with Crippen molar-refractivity contribution in [3.63, 3.8) is 0 Å². The molecule has 0 bridgehead atoms. The van der Waals surface area contributed by atoms with Gasteiger partial charge in [-0.15, -0.1) is 0 Å².